The molecule has 0 spiro atoms. The lowest BCUT2D eigenvalue weighted by Gasteiger charge is -2.10. The Balaban J connectivity index is 2.73. The maximum Gasteiger partial charge on any atom is 0.417 e. The van der Waals surface area contributed by atoms with Crippen LogP contribution < -0.4 is 16.6 Å². The van der Waals surface area contributed by atoms with Gasteiger partial charge in [-0.2, -0.15) is 13.2 Å². The van der Waals surface area contributed by atoms with Crippen LogP contribution in [0, 0.1) is 0 Å². The molecule has 0 bridgehead atoms. The molecule has 1 aromatic heterocycles. The van der Waals surface area contributed by atoms with Crippen molar-refractivity contribution in [2.24, 2.45) is 5.73 Å². The van der Waals surface area contributed by atoms with Gasteiger partial charge in [0.05, 0.1) is 5.56 Å². The van der Waals surface area contributed by atoms with Crippen molar-refractivity contribution in [2.45, 2.75) is 19.1 Å². The van der Waals surface area contributed by atoms with Gasteiger partial charge >= 0.3 is 6.18 Å². The van der Waals surface area contributed by atoms with E-state index in [4.69, 9.17) is 5.73 Å². The maximum absolute atomic E-state index is 12.5. The third kappa shape index (κ3) is 4.74. The molecule has 0 radical (unpaired) electrons. The molecule has 0 atom stereocenters. The van der Waals surface area contributed by atoms with Gasteiger partial charge in [0.15, 0.2) is 0 Å². The summed E-state index contributed by atoms with van der Waals surface area (Å²) in [5.41, 5.74) is 3.68. The van der Waals surface area contributed by atoms with Crippen molar-refractivity contribution in [2.75, 3.05) is 13.1 Å². The highest BCUT2D eigenvalue weighted by Gasteiger charge is 2.30. The van der Waals surface area contributed by atoms with E-state index in [0.717, 1.165) is 10.6 Å². The summed E-state index contributed by atoms with van der Waals surface area (Å²) in [5, 5.41) is 2.47. The number of alkyl halides is 3. The minimum absolute atomic E-state index is 0.0821. The van der Waals surface area contributed by atoms with Crippen molar-refractivity contribution in [1.82, 2.24) is 9.88 Å². The molecule has 0 saturated heterocycles. The summed E-state index contributed by atoms with van der Waals surface area (Å²) in [6.07, 6.45) is -3.89. The third-order valence-electron chi connectivity index (χ3n) is 2.36. The number of aryl methyl sites for hydroxylation is 1. The SMILES string of the molecule is NCCNC(=O)CCn1cc(C(F)(F)F)ccc1=O. The zero-order valence-corrected chi connectivity index (χ0v) is 10.0. The number of carbonyl (C=O) groups is 1. The summed E-state index contributed by atoms with van der Waals surface area (Å²) in [7, 11) is 0. The molecule has 0 aliphatic rings. The van der Waals surface area contributed by atoms with E-state index in [-0.39, 0.29) is 32.0 Å². The van der Waals surface area contributed by atoms with Crippen LogP contribution in [-0.4, -0.2) is 23.6 Å². The Morgan fingerprint density at radius 1 is 1.37 bits per heavy atom. The van der Waals surface area contributed by atoms with Gasteiger partial charge < -0.3 is 15.6 Å². The normalized spacial score (nSPS) is 11.4. The Kier molecular flexibility index (Phi) is 5.11. The van der Waals surface area contributed by atoms with E-state index in [1.54, 1.807) is 0 Å². The first kappa shape index (κ1) is 15.2. The van der Waals surface area contributed by atoms with E-state index < -0.39 is 17.3 Å². The fraction of sp³-hybridized carbons (Fsp3) is 0.455. The largest absolute Gasteiger partial charge is 0.417 e. The molecule has 0 aliphatic heterocycles. The van der Waals surface area contributed by atoms with Gasteiger partial charge in [0.1, 0.15) is 0 Å². The highest BCUT2D eigenvalue weighted by atomic mass is 19.4. The number of aromatic nitrogens is 1. The summed E-state index contributed by atoms with van der Waals surface area (Å²) in [6, 6.07) is 1.55. The molecule has 5 nitrogen and oxygen atoms in total. The number of carbonyl (C=O) groups excluding carboxylic acids is 1. The average molecular weight is 277 g/mol. The van der Waals surface area contributed by atoms with Crippen molar-refractivity contribution in [3.05, 3.63) is 34.2 Å². The number of amides is 1. The number of nitrogens with one attached hydrogen (secondary N) is 1. The lowest BCUT2D eigenvalue weighted by molar-refractivity contribution is -0.138. The van der Waals surface area contributed by atoms with Crippen LogP contribution in [0.15, 0.2) is 23.1 Å². The van der Waals surface area contributed by atoms with E-state index in [2.05, 4.69) is 5.32 Å². The van der Waals surface area contributed by atoms with E-state index in [1.165, 1.54) is 0 Å². The number of pyridine rings is 1. The monoisotopic (exact) mass is 277 g/mol. The number of rotatable bonds is 5. The molecule has 8 heteroatoms. The third-order valence-corrected chi connectivity index (χ3v) is 2.36. The van der Waals surface area contributed by atoms with E-state index in [0.29, 0.717) is 12.3 Å². The molecule has 1 aromatic rings. The molecule has 0 aromatic carbocycles. The second-order valence-corrected chi connectivity index (χ2v) is 3.84. The highest BCUT2D eigenvalue weighted by Crippen LogP contribution is 2.27. The summed E-state index contributed by atoms with van der Waals surface area (Å²) < 4.78 is 38.2. The van der Waals surface area contributed by atoms with Gasteiger partial charge in [-0.1, -0.05) is 0 Å². The van der Waals surface area contributed by atoms with Gasteiger partial charge in [-0.05, 0) is 6.07 Å². The fourth-order valence-corrected chi connectivity index (χ4v) is 1.40. The van der Waals surface area contributed by atoms with Crippen LogP contribution >= 0.6 is 0 Å². The van der Waals surface area contributed by atoms with Gasteiger partial charge in [-0.15, -0.1) is 0 Å². The number of hydrogen-bond donors (Lipinski definition) is 2. The number of nitrogens with zero attached hydrogens (tertiary/aromatic N) is 1. The van der Waals surface area contributed by atoms with E-state index in [1.807, 2.05) is 0 Å². The number of halogens is 3. The van der Waals surface area contributed by atoms with Gasteiger partial charge in [-0.25, -0.2) is 0 Å². The van der Waals surface area contributed by atoms with Crippen LogP contribution in [0.3, 0.4) is 0 Å². The molecule has 19 heavy (non-hydrogen) atoms. The van der Waals surface area contributed by atoms with Crippen molar-refractivity contribution >= 4 is 5.91 Å². The predicted octanol–water partition coefficient (Wildman–Crippen LogP) is 0.332. The van der Waals surface area contributed by atoms with E-state index >= 15 is 0 Å². The molecule has 1 amide bonds. The Bertz CT molecular complexity index is 497. The van der Waals surface area contributed by atoms with Crippen molar-refractivity contribution in [1.29, 1.82) is 0 Å². The minimum atomic E-state index is -4.52. The molecular formula is C11H14F3N3O2. The van der Waals surface area contributed by atoms with E-state index in [9.17, 15) is 22.8 Å². The molecule has 1 heterocycles. The molecule has 1 rings (SSSR count). The van der Waals surface area contributed by atoms with Crippen LogP contribution in [0.25, 0.3) is 0 Å². The lowest BCUT2D eigenvalue weighted by Crippen LogP contribution is -2.31. The molecule has 106 valence electrons. The Morgan fingerprint density at radius 2 is 2.05 bits per heavy atom. The molecular weight excluding hydrogens is 263 g/mol. The van der Waals surface area contributed by atoms with Crippen molar-refractivity contribution in [3.63, 3.8) is 0 Å². The quantitative estimate of drug-likeness (QED) is 0.814. The van der Waals surface area contributed by atoms with Crippen LogP contribution in [-0.2, 0) is 17.5 Å². The Hall–Kier alpha value is -1.83. The smallest absolute Gasteiger partial charge is 0.355 e. The van der Waals surface area contributed by atoms with Gasteiger partial charge in [0, 0.05) is 38.3 Å². The molecule has 0 saturated carbocycles. The summed E-state index contributed by atoms with van der Waals surface area (Å²) >= 11 is 0. The van der Waals surface area contributed by atoms with Crippen LogP contribution in [0.5, 0.6) is 0 Å². The molecule has 3 N–H and O–H groups in total. The molecule has 0 fully saturated rings. The zero-order chi connectivity index (χ0) is 14.5. The minimum Gasteiger partial charge on any atom is -0.355 e. The average Bonchev–Trinajstić information content (AvgIpc) is 2.33. The topological polar surface area (TPSA) is 77.1 Å². The highest BCUT2D eigenvalue weighted by molar-refractivity contribution is 5.75. The first-order chi connectivity index (χ1) is 8.84. The van der Waals surface area contributed by atoms with Crippen LogP contribution in [0.1, 0.15) is 12.0 Å². The summed E-state index contributed by atoms with van der Waals surface area (Å²) in [4.78, 5) is 22.6. The first-order valence-electron chi connectivity index (χ1n) is 5.59. The molecule has 0 aliphatic carbocycles. The lowest BCUT2D eigenvalue weighted by atomic mass is 10.2. The number of nitrogens with two attached hydrogens (primary N) is 1. The predicted molar refractivity (Wildman–Crippen MR) is 62.4 cm³/mol. The zero-order valence-electron chi connectivity index (χ0n) is 10.0. The van der Waals surface area contributed by atoms with Crippen molar-refractivity contribution in [3.8, 4) is 0 Å². The van der Waals surface area contributed by atoms with Gasteiger partial charge in [0.25, 0.3) is 5.56 Å². The molecule has 0 unspecified atom stereocenters. The fourth-order valence-electron chi connectivity index (χ4n) is 1.40. The summed E-state index contributed by atoms with van der Waals surface area (Å²) in [6.45, 7) is 0.449. The van der Waals surface area contributed by atoms with Gasteiger partial charge in [-0.3, -0.25) is 9.59 Å². The summed E-state index contributed by atoms with van der Waals surface area (Å²) in [5.74, 6) is -0.366. The second kappa shape index (κ2) is 6.37. The Morgan fingerprint density at radius 3 is 2.63 bits per heavy atom. The standard InChI is InChI=1S/C11H14F3N3O2/c12-11(13,14)8-1-2-10(19)17(7-8)6-3-9(18)16-5-4-15/h1-2,7H,3-6,15H2,(H,16,18). The first-order valence-corrected chi connectivity index (χ1v) is 5.59. The van der Waals surface area contributed by atoms with Crippen LogP contribution in [0.4, 0.5) is 13.2 Å². The van der Waals surface area contributed by atoms with Crippen LogP contribution in [0.2, 0.25) is 0 Å². The number of hydrogen-bond acceptors (Lipinski definition) is 3. The van der Waals surface area contributed by atoms with Crippen molar-refractivity contribution < 1.29 is 18.0 Å². The van der Waals surface area contributed by atoms with Gasteiger partial charge in [0.2, 0.25) is 5.91 Å². The Labute approximate surface area is 107 Å². The maximum atomic E-state index is 12.5. The second-order valence-electron chi connectivity index (χ2n) is 3.84.